The van der Waals surface area contributed by atoms with Crippen molar-refractivity contribution < 1.29 is 18.9 Å². The molecule has 0 unspecified atom stereocenters. The first-order valence-electron chi connectivity index (χ1n) is 15.2. The van der Waals surface area contributed by atoms with Crippen LogP contribution in [-0.4, -0.2) is 74.5 Å². The summed E-state index contributed by atoms with van der Waals surface area (Å²) in [4.78, 5) is 13.5. The van der Waals surface area contributed by atoms with Crippen LogP contribution >= 0.6 is 0 Å². The van der Waals surface area contributed by atoms with Crippen molar-refractivity contribution in [1.29, 1.82) is 0 Å². The molecule has 4 aromatic rings. The van der Waals surface area contributed by atoms with Gasteiger partial charge in [-0.2, -0.15) is 0 Å². The summed E-state index contributed by atoms with van der Waals surface area (Å²) in [7, 11) is 3.31. The summed E-state index contributed by atoms with van der Waals surface area (Å²) in [5.74, 6) is 4.73. The maximum absolute atomic E-state index is 5.90. The van der Waals surface area contributed by atoms with Crippen LogP contribution in [0.3, 0.4) is 0 Å². The molecule has 6 heterocycles. The average Bonchev–Trinajstić information content (AvgIpc) is 3.90. The van der Waals surface area contributed by atoms with E-state index in [9.17, 15) is 0 Å². The Bertz CT molecular complexity index is 1440. The molecule has 44 heavy (non-hydrogen) atoms. The summed E-state index contributed by atoms with van der Waals surface area (Å²) in [6.07, 6.45) is 9.79. The van der Waals surface area contributed by atoms with Crippen molar-refractivity contribution >= 4 is 11.4 Å². The second-order valence-corrected chi connectivity index (χ2v) is 11.6. The molecule has 4 fully saturated rings. The summed E-state index contributed by atoms with van der Waals surface area (Å²) in [6, 6.07) is 21.7. The highest BCUT2D eigenvalue weighted by molar-refractivity contribution is 5.53. The molecule has 4 aliphatic rings. The topological polar surface area (TPSA) is 93.2 Å². The van der Waals surface area contributed by atoms with Crippen molar-refractivity contribution in [3.8, 4) is 34.5 Å². The number of fused-ring (bicyclic) bond motifs is 4. The van der Waals surface area contributed by atoms with Crippen molar-refractivity contribution in [3.05, 3.63) is 85.5 Å². The van der Waals surface area contributed by atoms with Crippen LogP contribution in [0.2, 0.25) is 0 Å². The number of hydrogen-bond donors (Lipinski definition) is 2. The molecule has 0 amide bonds. The van der Waals surface area contributed by atoms with Crippen LogP contribution in [0.5, 0.6) is 34.5 Å². The van der Waals surface area contributed by atoms with Crippen LogP contribution < -0.4 is 39.4 Å². The third-order valence-electron chi connectivity index (χ3n) is 8.76. The predicted octanol–water partition coefficient (Wildman–Crippen LogP) is 4.87. The predicted molar refractivity (Wildman–Crippen MR) is 170 cm³/mol. The fourth-order valence-electron chi connectivity index (χ4n) is 6.55. The van der Waals surface area contributed by atoms with Crippen molar-refractivity contribution in [2.75, 3.05) is 50.2 Å². The molecule has 0 aliphatic carbocycles. The Balaban J connectivity index is 0.000000142. The minimum atomic E-state index is 0.586. The van der Waals surface area contributed by atoms with Gasteiger partial charge in [0.05, 0.1) is 50.4 Å². The third-order valence-corrected chi connectivity index (χ3v) is 8.76. The molecule has 0 radical (unpaired) electrons. The summed E-state index contributed by atoms with van der Waals surface area (Å²) in [6.45, 7) is 4.24. The number of hydrogen-bond acceptors (Lipinski definition) is 10. The van der Waals surface area contributed by atoms with Crippen molar-refractivity contribution in [2.45, 2.75) is 37.0 Å². The van der Waals surface area contributed by atoms with Crippen LogP contribution in [-0.2, 0) is 0 Å². The van der Waals surface area contributed by atoms with E-state index in [0.29, 0.717) is 24.2 Å². The molecular weight excluding hydrogens is 556 g/mol. The van der Waals surface area contributed by atoms with E-state index in [4.69, 9.17) is 18.9 Å². The third kappa shape index (κ3) is 6.22. The van der Waals surface area contributed by atoms with Gasteiger partial charge in [-0.3, -0.25) is 9.97 Å². The molecule has 4 saturated heterocycles. The van der Waals surface area contributed by atoms with E-state index in [1.54, 1.807) is 26.6 Å². The van der Waals surface area contributed by atoms with Crippen molar-refractivity contribution in [1.82, 2.24) is 20.6 Å². The molecular formula is C34H38N6O4. The molecule has 10 heteroatoms. The van der Waals surface area contributed by atoms with Gasteiger partial charge in [0.25, 0.3) is 0 Å². The number of nitrogens with zero attached hydrogens (tertiary/aromatic N) is 4. The SMILES string of the molecule is COc1ccc(Oc2cncc(N3C[C@@H]4C[C@H]3CN4)c2)cc1.COc1ccc(Oc2cncc(N3C[C@H]4C[C@@H]3CN4)c2)cc1. The Morgan fingerprint density at radius 3 is 1.32 bits per heavy atom. The molecule has 4 bridgehead atoms. The van der Waals surface area contributed by atoms with E-state index in [2.05, 4.69) is 42.5 Å². The average molecular weight is 595 g/mol. The summed E-state index contributed by atoms with van der Waals surface area (Å²) in [5.41, 5.74) is 2.28. The second kappa shape index (κ2) is 12.6. The Kier molecular flexibility index (Phi) is 8.08. The number of aromatic nitrogens is 2. The molecule has 10 nitrogen and oxygen atoms in total. The number of pyridine rings is 2. The lowest BCUT2D eigenvalue weighted by molar-refractivity contribution is 0.412. The number of anilines is 2. The number of ether oxygens (including phenoxy) is 4. The molecule has 2 aromatic carbocycles. The second-order valence-electron chi connectivity index (χ2n) is 11.6. The van der Waals surface area contributed by atoms with E-state index in [-0.39, 0.29) is 0 Å². The molecule has 0 spiro atoms. The largest absolute Gasteiger partial charge is 0.497 e. The lowest BCUT2D eigenvalue weighted by atomic mass is 10.2. The zero-order valence-electron chi connectivity index (χ0n) is 25.1. The number of rotatable bonds is 8. The maximum Gasteiger partial charge on any atom is 0.147 e. The van der Waals surface area contributed by atoms with Gasteiger partial charge in [0, 0.05) is 62.5 Å². The maximum atomic E-state index is 5.90. The molecule has 228 valence electrons. The Morgan fingerprint density at radius 1 is 0.568 bits per heavy atom. The highest BCUT2D eigenvalue weighted by atomic mass is 16.5. The van der Waals surface area contributed by atoms with Crippen LogP contribution in [0, 0.1) is 0 Å². The first kappa shape index (κ1) is 28.2. The van der Waals surface area contributed by atoms with Crippen LogP contribution in [0.15, 0.2) is 85.5 Å². The highest BCUT2D eigenvalue weighted by Crippen LogP contribution is 2.33. The Labute approximate surface area is 257 Å². The number of nitrogens with one attached hydrogen (secondary N) is 2. The molecule has 4 aliphatic heterocycles. The quantitative estimate of drug-likeness (QED) is 0.295. The summed E-state index contributed by atoms with van der Waals surface area (Å²) in [5, 5.41) is 7.03. The first-order valence-corrected chi connectivity index (χ1v) is 15.2. The van der Waals surface area contributed by atoms with Gasteiger partial charge >= 0.3 is 0 Å². The minimum absolute atomic E-state index is 0.586. The lowest BCUT2D eigenvalue weighted by Gasteiger charge is -2.29. The van der Waals surface area contributed by atoms with E-state index < -0.39 is 0 Å². The van der Waals surface area contributed by atoms with Gasteiger partial charge in [-0.25, -0.2) is 0 Å². The molecule has 4 atom stereocenters. The fraction of sp³-hybridized carbons (Fsp3) is 0.353. The van der Waals surface area contributed by atoms with Gasteiger partial charge in [-0.15, -0.1) is 0 Å². The van der Waals surface area contributed by atoms with Gasteiger partial charge in [0.1, 0.15) is 34.5 Å². The molecule has 2 aromatic heterocycles. The van der Waals surface area contributed by atoms with Gasteiger partial charge in [-0.05, 0) is 61.4 Å². The highest BCUT2D eigenvalue weighted by Gasteiger charge is 2.38. The fourth-order valence-corrected chi connectivity index (χ4v) is 6.55. The normalized spacial score (nSPS) is 22.9. The number of methoxy groups -OCH3 is 2. The lowest BCUT2D eigenvalue weighted by Crippen LogP contribution is -2.43. The van der Waals surface area contributed by atoms with Gasteiger partial charge in [-0.1, -0.05) is 0 Å². The van der Waals surface area contributed by atoms with Gasteiger partial charge < -0.3 is 39.4 Å². The van der Waals surface area contributed by atoms with E-state index in [0.717, 1.165) is 72.1 Å². The van der Waals surface area contributed by atoms with E-state index >= 15 is 0 Å². The minimum Gasteiger partial charge on any atom is -0.497 e. The van der Waals surface area contributed by atoms with E-state index in [1.165, 1.54) is 12.8 Å². The smallest absolute Gasteiger partial charge is 0.147 e. The van der Waals surface area contributed by atoms with Gasteiger partial charge in [0.15, 0.2) is 0 Å². The van der Waals surface area contributed by atoms with Crippen molar-refractivity contribution in [2.24, 2.45) is 0 Å². The van der Waals surface area contributed by atoms with Gasteiger partial charge in [0.2, 0.25) is 0 Å². The molecule has 0 saturated carbocycles. The molecule has 8 rings (SSSR count). The number of piperazine rings is 2. The first-order chi connectivity index (χ1) is 21.6. The van der Waals surface area contributed by atoms with Crippen molar-refractivity contribution in [3.63, 3.8) is 0 Å². The number of benzene rings is 2. The van der Waals surface area contributed by atoms with Crippen LogP contribution in [0.25, 0.3) is 0 Å². The zero-order chi connectivity index (χ0) is 29.9. The van der Waals surface area contributed by atoms with E-state index in [1.807, 2.05) is 60.9 Å². The van der Waals surface area contributed by atoms with Crippen LogP contribution in [0.4, 0.5) is 11.4 Å². The monoisotopic (exact) mass is 594 g/mol. The summed E-state index contributed by atoms with van der Waals surface area (Å²) >= 11 is 0. The Hall–Kier alpha value is -4.54. The van der Waals surface area contributed by atoms with Crippen LogP contribution in [0.1, 0.15) is 12.8 Å². The standard InChI is InChI=1S/2C17H19N3O2/c2*1-21-15-2-4-16(5-3-15)22-17-7-14(8-18-10-17)20-11-12-6-13(20)9-19-12/h2*2-5,7-8,10,12-13,19H,6,9,11H2,1H3/t2*12-,13-/m10/s1. The Morgan fingerprint density at radius 2 is 0.977 bits per heavy atom. The zero-order valence-corrected chi connectivity index (χ0v) is 25.1. The summed E-state index contributed by atoms with van der Waals surface area (Å²) < 4.78 is 22.1. The molecule has 2 N–H and O–H groups in total.